The Labute approximate surface area is 91.6 Å². The van der Waals surface area contributed by atoms with Crippen LogP contribution in [0.3, 0.4) is 0 Å². The summed E-state index contributed by atoms with van der Waals surface area (Å²) in [6, 6.07) is 5.40. The van der Waals surface area contributed by atoms with E-state index in [1.807, 2.05) is 12.3 Å². The normalized spacial score (nSPS) is 15.8. The smallest absolute Gasteiger partial charge is 0.292 e. The number of H-pyrrole nitrogens is 1. The van der Waals surface area contributed by atoms with E-state index in [2.05, 4.69) is 10.3 Å². The number of amides is 1. The molecular weight excluding hydrogens is 204 g/mol. The summed E-state index contributed by atoms with van der Waals surface area (Å²) in [5, 5.41) is 3.50. The van der Waals surface area contributed by atoms with Crippen molar-refractivity contribution in [3.63, 3.8) is 0 Å². The van der Waals surface area contributed by atoms with Crippen LogP contribution < -0.4 is 5.32 Å². The number of aromatic amines is 1. The van der Waals surface area contributed by atoms with Crippen LogP contribution in [0.5, 0.6) is 0 Å². The molecule has 80 valence electrons. The highest BCUT2D eigenvalue weighted by Crippen LogP contribution is 2.24. The van der Waals surface area contributed by atoms with Gasteiger partial charge in [0, 0.05) is 29.2 Å². The maximum atomic E-state index is 11.8. The maximum absolute atomic E-state index is 11.8. The lowest BCUT2D eigenvalue weighted by molar-refractivity contribution is -0.116. The van der Waals surface area contributed by atoms with E-state index in [1.54, 1.807) is 12.1 Å². The molecule has 0 saturated carbocycles. The van der Waals surface area contributed by atoms with Gasteiger partial charge in [0.2, 0.25) is 0 Å². The van der Waals surface area contributed by atoms with E-state index in [-0.39, 0.29) is 0 Å². The fraction of sp³-hybridized carbons (Fsp3) is 0.167. The third-order valence-electron chi connectivity index (χ3n) is 2.92. The molecule has 2 heterocycles. The zero-order valence-corrected chi connectivity index (χ0v) is 8.54. The van der Waals surface area contributed by atoms with Crippen LogP contribution in [0.1, 0.15) is 15.9 Å². The van der Waals surface area contributed by atoms with Crippen molar-refractivity contribution in [1.82, 2.24) is 10.3 Å². The van der Waals surface area contributed by atoms with Gasteiger partial charge in [0.25, 0.3) is 11.7 Å². The fourth-order valence-corrected chi connectivity index (χ4v) is 2.16. The summed E-state index contributed by atoms with van der Waals surface area (Å²) in [6.45, 7) is 0.506. The third kappa shape index (κ3) is 1.16. The lowest BCUT2D eigenvalue weighted by atomic mass is 9.99. The van der Waals surface area contributed by atoms with Crippen molar-refractivity contribution in [3.8, 4) is 0 Å². The molecule has 1 amide bonds. The Bertz CT molecular complexity index is 598. The molecule has 0 unspecified atom stereocenters. The first-order valence-corrected chi connectivity index (χ1v) is 5.19. The zero-order chi connectivity index (χ0) is 11.1. The average molecular weight is 214 g/mol. The second-order valence-electron chi connectivity index (χ2n) is 3.88. The Hall–Kier alpha value is -2.10. The van der Waals surface area contributed by atoms with Gasteiger partial charge in [-0.25, -0.2) is 0 Å². The Morgan fingerprint density at radius 3 is 2.94 bits per heavy atom. The molecule has 2 N–H and O–H groups in total. The summed E-state index contributed by atoms with van der Waals surface area (Å²) < 4.78 is 0. The number of hydrogen-bond donors (Lipinski definition) is 2. The fourth-order valence-electron chi connectivity index (χ4n) is 2.16. The van der Waals surface area contributed by atoms with Crippen LogP contribution in [0, 0.1) is 0 Å². The quantitative estimate of drug-likeness (QED) is 0.643. The third-order valence-corrected chi connectivity index (χ3v) is 2.92. The minimum absolute atomic E-state index is 0.453. The molecule has 0 fully saturated rings. The van der Waals surface area contributed by atoms with Gasteiger partial charge >= 0.3 is 0 Å². The van der Waals surface area contributed by atoms with E-state index in [4.69, 9.17) is 0 Å². The average Bonchev–Trinajstić information content (AvgIpc) is 2.70. The van der Waals surface area contributed by atoms with E-state index in [0.717, 1.165) is 22.9 Å². The second kappa shape index (κ2) is 3.20. The number of benzene rings is 1. The van der Waals surface area contributed by atoms with Crippen LogP contribution in [0.15, 0.2) is 24.4 Å². The van der Waals surface area contributed by atoms with Crippen molar-refractivity contribution in [3.05, 3.63) is 35.5 Å². The van der Waals surface area contributed by atoms with Gasteiger partial charge in [-0.15, -0.1) is 0 Å². The topological polar surface area (TPSA) is 62.0 Å². The molecule has 1 aromatic carbocycles. The van der Waals surface area contributed by atoms with Gasteiger partial charge < -0.3 is 10.3 Å². The number of Topliss-reactive ketones (excluding diaryl/α,β-unsaturated/α-hetero) is 1. The predicted octanol–water partition coefficient (Wildman–Crippen LogP) is 1.02. The van der Waals surface area contributed by atoms with Gasteiger partial charge in [0.05, 0.1) is 0 Å². The second-order valence-corrected chi connectivity index (χ2v) is 3.88. The first-order valence-electron chi connectivity index (χ1n) is 5.19. The summed E-state index contributed by atoms with van der Waals surface area (Å²) in [5.74, 6) is -0.967. The molecule has 0 spiro atoms. The van der Waals surface area contributed by atoms with Crippen molar-refractivity contribution >= 4 is 22.6 Å². The molecule has 0 atom stereocenters. The van der Waals surface area contributed by atoms with Gasteiger partial charge in [-0.3, -0.25) is 9.59 Å². The van der Waals surface area contributed by atoms with Crippen LogP contribution in [-0.2, 0) is 11.2 Å². The highest BCUT2D eigenvalue weighted by atomic mass is 16.2. The van der Waals surface area contributed by atoms with Gasteiger partial charge in [-0.1, -0.05) is 12.1 Å². The molecule has 1 aliphatic rings. The molecule has 0 aliphatic carbocycles. The van der Waals surface area contributed by atoms with E-state index >= 15 is 0 Å². The van der Waals surface area contributed by atoms with Gasteiger partial charge in [0.1, 0.15) is 0 Å². The van der Waals surface area contributed by atoms with Crippen LogP contribution in [0.4, 0.5) is 0 Å². The lowest BCUT2D eigenvalue weighted by Gasteiger charge is -2.10. The Kier molecular flexibility index (Phi) is 1.83. The summed E-state index contributed by atoms with van der Waals surface area (Å²) in [6.07, 6.45) is 2.65. The molecule has 3 rings (SSSR count). The molecule has 1 aromatic heterocycles. The molecule has 4 nitrogen and oxygen atoms in total. The monoisotopic (exact) mass is 214 g/mol. The van der Waals surface area contributed by atoms with Crippen molar-refractivity contribution in [2.45, 2.75) is 6.42 Å². The Balaban J connectivity index is 2.36. The maximum Gasteiger partial charge on any atom is 0.292 e. The van der Waals surface area contributed by atoms with Crippen molar-refractivity contribution in [2.24, 2.45) is 0 Å². The number of nitrogens with one attached hydrogen (secondary N) is 2. The van der Waals surface area contributed by atoms with Crippen molar-refractivity contribution in [2.75, 3.05) is 6.54 Å². The molecule has 2 aromatic rings. The predicted molar refractivity (Wildman–Crippen MR) is 59.3 cm³/mol. The molecule has 0 saturated heterocycles. The van der Waals surface area contributed by atoms with Gasteiger partial charge in [0.15, 0.2) is 0 Å². The molecule has 16 heavy (non-hydrogen) atoms. The first-order chi connectivity index (χ1) is 7.77. The molecule has 0 bridgehead atoms. The van der Waals surface area contributed by atoms with Crippen molar-refractivity contribution < 1.29 is 9.59 Å². The Morgan fingerprint density at radius 2 is 2.06 bits per heavy atom. The minimum Gasteiger partial charge on any atom is -0.361 e. The molecule has 4 heteroatoms. The van der Waals surface area contributed by atoms with E-state index in [9.17, 15) is 9.59 Å². The van der Waals surface area contributed by atoms with Crippen LogP contribution >= 0.6 is 0 Å². The molecular formula is C12H10N2O2. The highest BCUT2D eigenvalue weighted by molar-refractivity contribution is 6.45. The number of carbonyl (C=O) groups excluding carboxylic acids is 2. The highest BCUT2D eigenvalue weighted by Gasteiger charge is 2.22. The lowest BCUT2D eigenvalue weighted by Crippen LogP contribution is -2.34. The zero-order valence-electron chi connectivity index (χ0n) is 8.54. The number of aromatic nitrogens is 1. The largest absolute Gasteiger partial charge is 0.361 e. The number of hydrogen-bond acceptors (Lipinski definition) is 2. The summed E-state index contributed by atoms with van der Waals surface area (Å²) in [5.41, 5.74) is 2.49. The molecule has 1 aliphatic heterocycles. The number of carbonyl (C=O) groups is 2. The van der Waals surface area contributed by atoms with E-state index in [0.29, 0.717) is 12.1 Å². The van der Waals surface area contributed by atoms with E-state index < -0.39 is 11.7 Å². The summed E-state index contributed by atoms with van der Waals surface area (Å²) in [4.78, 5) is 26.4. The first kappa shape index (κ1) is 9.15. The van der Waals surface area contributed by atoms with Crippen LogP contribution in [0.2, 0.25) is 0 Å². The van der Waals surface area contributed by atoms with Crippen LogP contribution in [0.25, 0.3) is 10.9 Å². The number of ketones is 1. The number of rotatable bonds is 0. The van der Waals surface area contributed by atoms with Crippen LogP contribution in [-0.4, -0.2) is 23.2 Å². The standard InChI is InChI=1S/C12H10N2O2/c15-11-8-2-1-3-9-10(8)7(6-14-9)4-5-13-12(11)16/h1-3,6,14H,4-5H2,(H,13,16). The van der Waals surface area contributed by atoms with E-state index in [1.165, 1.54) is 0 Å². The Morgan fingerprint density at radius 1 is 1.19 bits per heavy atom. The van der Waals surface area contributed by atoms with Crippen molar-refractivity contribution in [1.29, 1.82) is 0 Å². The SMILES string of the molecule is O=C1NCCc2c[nH]c3cccc(c23)C1=O. The minimum atomic E-state index is -0.514. The van der Waals surface area contributed by atoms with Gasteiger partial charge in [-0.05, 0) is 18.1 Å². The summed E-state index contributed by atoms with van der Waals surface area (Å²) >= 11 is 0. The summed E-state index contributed by atoms with van der Waals surface area (Å²) in [7, 11) is 0. The molecule has 0 radical (unpaired) electrons. The van der Waals surface area contributed by atoms with Gasteiger partial charge in [-0.2, -0.15) is 0 Å².